The van der Waals surface area contributed by atoms with Crippen LogP contribution < -0.4 is 5.01 Å². The molecule has 2 aliphatic rings. The Kier molecular flexibility index (Phi) is 3.31. The van der Waals surface area contributed by atoms with E-state index in [1.165, 1.54) is 5.56 Å². The Bertz CT molecular complexity index is 491. The Morgan fingerprint density at radius 2 is 1.89 bits per heavy atom. The Morgan fingerprint density at radius 1 is 1.21 bits per heavy atom. The number of aryl methyl sites for hydroxylation is 1. The van der Waals surface area contributed by atoms with E-state index in [0.717, 1.165) is 37.7 Å². The van der Waals surface area contributed by atoms with Crippen LogP contribution in [0.5, 0.6) is 0 Å². The van der Waals surface area contributed by atoms with Gasteiger partial charge in [-0.2, -0.15) is 0 Å². The van der Waals surface area contributed by atoms with Crippen molar-refractivity contribution in [2.24, 2.45) is 10.3 Å². The molecule has 19 heavy (non-hydrogen) atoms. The summed E-state index contributed by atoms with van der Waals surface area (Å²) in [5.41, 5.74) is 3.08. The second-order valence-electron chi connectivity index (χ2n) is 4.88. The molecule has 1 saturated heterocycles. The highest BCUT2D eigenvalue weighted by Gasteiger charge is 2.33. The Balaban J connectivity index is 1.84. The molecule has 0 unspecified atom stereocenters. The van der Waals surface area contributed by atoms with Crippen LogP contribution in [0.2, 0.25) is 0 Å². The zero-order chi connectivity index (χ0) is 13.2. The predicted octanol–water partition coefficient (Wildman–Crippen LogP) is 2.35. The molecule has 3 rings (SSSR count). The standard InChI is InChI=1S/C14H18N4O/c1-11-3-5-13(6-4-11)18-14(12(2)15-16-18)17-7-9-19-10-8-17/h3-6,14H,2,7-10H2,1H3/t14-/m0/s1. The molecule has 1 fully saturated rings. The monoisotopic (exact) mass is 258 g/mol. The minimum Gasteiger partial charge on any atom is -0.379 e. The Labute approximate surface area is 113 Å². The largest absolute Gasteiger partial charge is 0.379 e. The lowest BCUT2D eigenvalue weighted by molar-refractivity contribution is 0.0247. The average molecular weight is 258 g/mol. The SMILES string of the molecule is C=C1N=NN(c2ccc(C)cc2)[C@@H]1N1CCOCC1. The van der Waals surface area contributed by atoms with E-state index in [4.69, 9.17) is 4.74 Å². The van der Waals surface area contributed by atoms with Crippen LogP contribution in [-0.2, 0) is 4.74 Å². The second kappa shape index (κ2) is 5.11. The number of hydrogen-bond acceptors (Lipinski definition) is 5. The van der Waals surface area contributed by atoms with Crippen LogP contribution in [0, 0.1) is 6.92 Å². The summed E-state index contributed by atoms with van der Waals surface area (Å²) in [6.45, 7) is 9.38. The van der Waals surface area contributed by atoms with Crippen molar-refractivity contribution in [2.45, 2.75) is 13.1 Å². The molecule has 0 bridgehead atoms. The van der Waals surface area contributed by atoms with Crippen LogP contribution in [0.15, 0.2) is 46.9 Å². The van der Waals surface area contributed by atoms with Gasteiger partial charge in [-0.05, 0) is 19.1 Å². The first-order valence-electron chi connectivity index (χ1n) is 6.54. The highest BCUT2D eigenvalue weighted by molar-refractivity contribution is 5.50. The number of rotatable bonds is 2. The van der Waals surface area contributed by atoms with E-state index >= 15 is 0 Å². The van der Waals surface area contributed by atoms with E-state index in [1.807, 2.05) is 5.01 Å². The number of morpholine rings is 1. The third kappa shape index (κ3) is 2.39. The summed E-state index contributed by atoms with van der Waals surface area (Å²) in [5.74, 6) is 0. The lowest BCUT2D eigenvalue weighted by Crippen LogP contribution is -2.49. The molecule has 5 nitrogen and oxygen atoms in total. The fraction of sp³-hybridized carbons (Fsp3) is 0.429. The van der Waals surface area contributed by atoms with Gasteiger partial charge in [0.1, 0.15) is 0 Å². The molecule has 1 atom stereocenters. The van der Waals surface area contributed by atoms with Gasteiger partial charge in [0.2, 0.25) is 0 Å². The summed E-state index contributed by atoms with van der Waals surface area (Å²) in [5, 5.41) is 10.3. The number of ether oxygens (including phenoxy) is 1. The third-order valence-electron chi connectivity index (χ3n) is 3.49. The van der Waals surface area contributed by atoms with Crippen molar-refractivity contribution < 1.29 is 4.74 Å². The Morgan fingerprint density at radius 3 is 2.58 bits per heavy atom. The second-order valence-corrected chi connectivity index (χ2v) is 4.88. The lowest BCUT2D eigenvalue weighted by Gasteiger charge is -2.35. The molecule has 0 radical (unpaired) electrons. The zero-order valence-electron chi connectivity index (χ0n) is 11.1. The summed E-state index contributed by atoms with van der Waals surface area (Å²) in [6.07, 6.45) is 0.0200. The topological polar surface area (TPSA) is 40.4 Å². The maximum atomic E-state index is 5.40. The first kappa shape index (κ1) is 12.3. The van der Waals surface area contributed by atoms with Crippen molar-refractivity contribution in [3.63, 3.8) is 0 Å². The van der Waals surface area contributed by atoms with Crippen molar-refractivity contribution in [1.82, 2.24) is 4.90 Å². The molecule has 1 aromatic rings. The molecular formula is C14H18N4O. The molecule has 1 aromatic carbocycles. The van der Waals surface area contributed by atoms with Crippen molar-refractivity contribution in [3.8, 4) is 0 Å². The minimum absolute atomic E-state index is 0.0200. The third-order valence-corrected chi connectivity index (χ3v) is 3.49. The molecule has 0 spiro atoms. The van der Waals surface area contributed by atoms with Gasteiger partial charge >= 0.3 is 0 Å². The normalized spacial score (nSPS) is 24.2. The van der Waals surface area contributed by atoms with Gasteiger partial charge in [0.15, 0.2) is 6.17 Å². The van der Waals surface area contributed by atoms with Crippen molar-refractivity contribution in [1.29, 1.82) is 0 Å². The van der Waals surface area contributed by atoms with Crippen molar-refractivity contribution in [3.05, 3.63) is 42.1 Å². The van der Waals surface area contributed by atoms with Crippen LogP contribution >= 0.6 is 0 Å². The van der Waals surface area contributed by atoms with E-state index in [9.17, 15) is 0 Å². The summed E-state index contributed by atoms with van der Waals surface area (Å²) in [6, 6.07) is 8.31. The van der Waals surface area contributed by atoms with Crippen LogP contribution in [0.25, 0.3) is 0 Å². The summed E-state index contributed by atoms with van der Waals surface area (Å²) in [4.78, 5) is 2.31. The van der Waals surface area contributed by atoms with Gasteiger partial charge in [0, 0.05) is 13.1 Å². The maximum absolute atomic E-state index is 5.40. The first-order valence-corrected chi connectivity index (χ1v) is 6.54. The van der Waals surface area contributed by atoms with Gasteiger partial charge < -0.3 is 4.74 Å². The van der Waals surface area contributed by atoms with Gasteiger partial charge in [0.25, 0.3) is 0 Å². The van der Waals surface area contributed by atoms with E-state index in [2.05, 4.69) is 53.0 Å². The van der Waals surface area contributed by atoms with Crippen molar-refractivity contribution in [2.75, 3.05) is 31.3 Å². The van der Waals surface area contributed by atoms with E-state index in [-0.39, 0.29) is 6.17 Å². The number of nitrogens with zero attached hydrogens (tertiary/aromatic N) is 4. The smallest absolute Gasteiger partial charge is 0.150 e. The molecular weight excluding hydrogens is 240 g/mol. The molecule has 0 saturated carbocycles. The predicted molar refractivity (Wildman–Crippen MR) is 73.8 cm³/mol. The lowest BCUT2D eigenvalue weighted by atomic mass is 10.2. The fourth-order valence-electron chi connectivity index (χ4n) is 2.43. The first-order chi connectivity index (χ1) is 9.25. The molecule has 0 aromatic heterocycles. The number of hydrogen-bond donors (Lipinski definition) is 0. The summed E-state index contributed by atoms with van der Waals surface area (Å²) < 4.78 is 5.40. The molecule has 2 heterocycles. The van der Waals surface area contributed by atoms with Crippen molar-refractivity contribution >= 4 is 5.69 Å². The van der Waals surface area contributed by atoms with Gasteiger partial charge in [0.05, 0.1) is 24.6 Å². The molecule has 0 aliphatic carbocycles. The molecule has 0 N–H and O–H groups in total. The minimum atomic E-state index is 0.0200. The van der Waals surface area contributed by atoms with Gasteiger partial charge in [-0.25, -0.2) is 5.01 Å². The molecule has 2 aliphatic heterocycles. The van der Waals surface area contributed by atoms with Gasteiger partial charge in [-0.1, -0.05) is 29.5 Å². The quantitative estimate of drug-likeness (QED) is 0.817. The maximum Gasteiger partial charge on any atom is 0.150 e. The van der Waals surface area contributed by atoms with Crippen LogP contribution in [0.4, 0.5) is 5.69 Å². The summed E-state index contributed by atoms with van der Waals surface area (Å²) in [7, 11) is 0. The number of anilines is 1. The number of benzene rings is 1. The molecule has 100 valence electrons. The molecule has 0 amide bonds. The van der Waals surface area contributed by atoms with E-state index in [0.29, 0.717) is 0 Å². The van der Waals surface area contributed by atoms with Gasteiger partial charge in [-0.15, -0.1) is 5.11 Å². The molecule has 5 heteroatoms. The van der Waals surface area contributed by atoms with Crippen LogP contribution in [-0.4, -0.2) is 37.4 Å². The highest BCUT2D eigenvalue weighted by atomic mass is 16.5. The van der Waals surface area contributed by atoms with E-state index < -0.39 is 0 Å². The van der Waals surface area contributed by atoms with Crippen LogP contribution in [0.3, 0.4) is 0 Å². The highest BCUT2D eigenvalue weighted by Crippen LogP contribution is 2.29. The van der Waals surface area contributed by atoms with E-state index in [1.54, 1.807) is 0 Å². The van der Waals surface area contributed by atoms with Gasteiger partial charge in [-0.3, -0.25) is 4.90 Å². The fourth-order valence-corrected chi connectivity index (χ4v) is 2.43. The zero-order valence-corrected chi connectivity index (χ0v) is 11.1. The van der Waals surface area contributed by atoms with Crippen LogP contribution in [0.1, 0.15) is 5.56 Å². The summed E-state index contributed by atoms with van der Waals surface area (Å²) >= 11 is 0. The average Bonchev–Trinajstić information content (AvgIpc) is 2.82. The Hall–Kier alpha value is -1.72.